The van der Waals surface area contributed by atoms with Gasteiger partial charge in [-0.05, 0) is 39.8 Å². The molecule has 1 atom stereocenters. The minimum atomic E-state index is 0.426. The first-order valence-corrected chi connectivity index (χ1v) is 5.31. The Labute approximate surface area is 81.2 Å². The number of piperidine rings is 1. The van der Waals surface area contributed by atoms with Crippen LogP contribution >= 0.6 is 0 Å². The van der Waals surface area contributed by atoms with Gasteiger partial charge >= 0.3 is 0 Å². The van der Waals surface area contributed by atoms with Gasteiger partial charge in [0.15, 0.2) is 0 Å². The van der Waals surface area contributed by atoms with E-state index in [9.17, 15) is 0 Å². The zero-order chi connectivity index (χ0) is 9.68. The van der Waals surface area contributed by atoms with E-state index in [0.29, 0.717) is 12.1 Å². The van der Waals surface area contributed by atoms with Crippen molar-refractivity contribution in [2.45, 2.75) is 38.8 Å². The first kappa shape index (κ1) is 11.0. The molecule has 1 fully saturated rings. The molecule has 3 heteroatoms. The summed E-state index contributed by atoms with van der Waals surface area (Å²) in [7, 11) is 0. The molecule has 0 aliphatic carbocycles. The van der Waals surface area contributed by atoms with Crippen LogP contribution in [0.4, 0.5) is 0 Å². The van der Waals surface area contributed by atoms with Crippen LogP contribution in [0.15, 0.2) is 0 Å². The summed E-state index contributed by atoms with van der Waals surface area (Å²) >= 11 is 0. The van der Waals surface area contributed by atoms with Gasteiger partial charge in [-0.3, -0.25) is 4.90 Å². The van der Waals surface area contributed by atoms with Gasteiger partial charge in [0.05, 0.1) is 6.61 Å². The van der Waals surface area contributed by atoms with Crippen LogP contribution in [-0.4, -0.2) is 43.3 Å². The van der Waals surface area contributed by atoms with Crippen molar-refractivity contribution in [3.8, 4) is 0 Å². The fourth-order valence-electron chi connectivity index (χ4n) is 1.75. The number of nitrogens with zero attached hydrogens (tertiary/aromatic N) is 1. The van der Waals surface area contributed by atoms with Crippen molar-refractivity contribution in [2.75, 3.05) is 26.3 Å². The topological polar surface area (TPSA) is 38.5 Å². The number of hydrogen-bond donors (Lipinski definition) is 1. The average molecular weight is 186 g/mol. The molecule has 0 aromatic carbocycles. The maximum Gasteiger partial charge on any atom is 0.0618 e. The molecule has 0 aromatic heterocycles. The normalized spacial score (nSPS) is 23.3. The van der Waals surface area contributed by atoms with E-state index in [-0.39, 0.29) is 0 Å². The van der Waals surface area contributed by atoms with Gasteiger partial charge in [-0.2, -0.15) is 0 Å². The summed E-state index contributed by atoms with van der Waals surface area (Å²) < 4.78 is 5.40. The van der Waals surface area contributed by atoms with Gasteiger partial charge < -0.3 is 10.5 Å². The maximum absolute atomic E-state index is 5.84. The Morgan fingerprint density at radius 1 is 1.46 bits per heavy atom. The molecular weight excluding hydrogens is 164 g/mol. The monoisotopic (exact) mass is 186 g/mol. The smallest absolute Gasteiger partial charge is 0.0618 e. The van der Waals surface area contributed by atoms with Crippen molar-refractivity contribution in [1.82, 2.24) is 4.90 Å². The highest BCUT2D eigenvalue weighted by Gasteiger charge is 2.20. The quantitative estimate of drug-likeness (QED) is 0.707. The van der Waals surface area contributed by atoms with E-state index in [4.69, 9.17) is 10.5 Å². The lowest BCUT2D eigenvalue weighted by Gasteiger charge is -2.34. The summed E-state index contributed by atoms with van der Waals surface area (Å²) in [5, 5.41) is 0. The highest BCUT2D eigenvalue weighted by Crippen LogP contribution is 2.11. The zero-order valence-electron chi connectivity index (χ0n) is 8.83. The van der Waals surface area contributed by atoms with Crippen LogP contribution < -0.4 is 5.73 Å². The van der Waals surface area contributed by atoms with Crippen molar-refractivity contribution in [3.63, 3.8) is 0 Å². The summed E-state index contributed by atoms with van der Waals surface area (Å²) in [5.41, 5.74) is 5.84. The molecule has 1 unspecified atom stereocenters. The van der Waals surface area contributed by atoms with Crippen LogP contribution in [0.1, 0.15) is 26.7 Å². The van der Waals surface area contributed by atoms with E-state index < -0.39 is 0 Å². The van der Waals surface area contributed by atoms with Crippen molar-refractivity contribution >= 4 is 0 Å². The molecule has 1 aliphatic heterocycles. The second-order valence-electron chi connectivity index (χ2n) is 3.88. The van der Waals surface area contributed by atoms with E-state index in [1.165, 1.54) is 0 Å². The third-order valence-electron chi connectivity index (χ3n) is 2.76. The summed E-state index contributed by atoms with van der Waals surface area (Å²) in [6.45, 7) is 8.21. The Hall–Kier alpha value is -0.120. The fourth-order valence-corrected chi connectivity index (χ4v) is 1.75. The molecule has 2 N–H and O–H groups in total. The van der Waals surface area contributed by atoms with E-state index in [1.807, 2.05) is 6.92 Å². The molecule has 1 saturated heterocycles. The molecule has 3 nitrogen and oxygen atoms in total. The predicted molar refractivity (Wildman–Crippen MR) is 54.7 cm³/mol. The Kier molecular flexibility index (Phi) is 4.70. The zero-order valence-corrected chi connectivity index (χ0v) is 8.83. The number of rotatable bonds is 4. The number of hydrogen-bond acceptors (Lipinski definition) is 3. The fraction of sp³-hybridized carbons (Fsp3) is 1.00. The van der Waals surface area contributed by atoms with Crippen LogP contribution in [-0.2, 0) is 4.74 Å². The van der Waals surface area contributed by atoms with Gasteiger partial charge in [0.2, 0.25) is 0 Å². The summed E-state index contributed by atoms with van der Waals surface area (Å²) in [6, 6.07) is 0.975. The lowest BCUT2D eigenvalue weighted by Crippen LogP contribution is -2.45. The Morgan fingerprint density at radius 3 is 2.62 bits per heavy atom. The van der Waals surface area contributed by atoms with Crippen LogP contribution in [0.5, 0.6) is 0 Å². The van der Waals surface area contributed by atoms with E-state index in [1.54, 1.807) is 0 Å². The number of ether oxygens (including phenoxy) is 1. The summed E-state index contributed by atoms with van der Waals surface area (Å²) in [5.74, 6) is 0. The molecule has 78 valence electrons. The van der Waals surface area contributed by atoms with Crippen molar-refractivity contribution in [2.24, 2.45) is 5.73 Å². The highest BCUT2D eigenvalue weighted by atomic mass is 16.5. The van der Waals surface area contributed by atoms with Crippen LogP contribution in [0.25, 0.3) is 0 Å². The lowest BCUT2D eigenvalue weighted by atomic mass is 10.0. The molecule has 1 rings (SSSR count). The first-order chi connectivity index (χ1) is 6.24. The van der Waals surface area contributed by atoms with Crippen LogP contribution in [0, 0.1) is 0 Å². The van der Waals surface area contributed by atoms with Crippen LogP contribution in [0.3, 0.4) is 0 Å². The second-order valence-corrected chi connectivity index (χ2v) is 3.88. The third-order valence-corrected chi connectivity index (χ3v) is 2.76. The second kappa shape index (κ2) is 5.58. The molecule has 0 aromatic rings. The van der Waals surface area contributed by atoms with Gasteiger partial charge in [0.1, 0.15) is 0 Å². The molecular formula is C10H22N2O. The SMILES string of the molecule is CCOCC(C)N1CCC(N)CC1. The molecule has 0 spiro atoms. The molecule has 0 saturated carbocycles. The molecule has 0 amide bonds. The Bertz CT molecular complexity index is 133. The van der Waals surface area contributed by atoms with Gasteiger partial charge in [-0.15, -0.1) is 0 Å². The number of likely N-dealkylation sites (tertiary alicyclic amines) is 1. The molecule has 0 bridgehead atoms. The van der Waals surface area contributed by atoms with E-state index >= 15 is 0 Å². The molecule has 0 radical (unpaired) electrons. The van der Waals surface area contributed by atoms with Gasteiger partial charge in [-0.1, -0.05) is 0 Å². The van der Waals surface area contributed by atoms with Crippen molar-refractivity contribution < 1.29 is 4.74 Å². The minimum Gasteiger partial charge on any atom is -0.380 e. The van der Waals surface area contributed by atoms with E-state index in [2.05, 4.69) is 11.8 Å². The third kappa shape index (κ3) is 3.63. The molecule has 13 heavy (non-hydrogen) atoms. The maximum atomic E-state index is 5.84. The van der Waals surface area contributed by atoms with Crippen molar-refractivity contribution in [3.05, 3.63) is 0 Å². The van der Waals surface area contributed by atoms with E-state index in [0.717, 1.165) is 39.1 Å². The summed E-state index contributed by atoms with van der Waals surface area (Å²) in [6.07, 6.45) is 2.27. The first-order valence-electron chi connectivity index (χ1n) is 5.31. The molecule has 1 aliphatic rings. The standard InChI is InChI=1S/C10H22N2O/c1-3-13-8-9(2)12-6-4-10(11)5-7-12/h9-10H,3-8,11H2,1-2H3. The highest BCUT2D eigenvalue weighted by molar-refractivity contribution is 4.77. The summed E-state index contributed by atoms with van der Waals surface area (Å²) in [4.78, 5) is 2.47. The van der Waals surface area contributed by atoms with Gasteiger partial charge in [0, 0.05) is 18.7 Å². The average Bonchev–Trinajstić information content (AvgIpc) is 2.15. The number of nitrogens with two attached hydrogens (primary N) is 1. The van der Waals surface area contributed by atoms with Gasteiger partial charge in [0.25, 0.3) is 0 Å². The van der Waals surface area contributed by atoms with Crippen molar-refractivity contribution in [1.29, 1.82) is 0 Å². The Balaban J connectivity index is 2.19. The molecule has 1 heterocycles. The predicted octanol–water partition coefficient (Wildman–Crippen LogP) is 0.834. The van der Waals surface area contributed by atoms with Crippen LogP contribution in [0.2, 0.25) is 0 Å². The Morgan fingerprint density at radius 2 is 2.08 bits per heavy atom. The van der Waals surface area contributed by atoms with Gasteiger partial charge in [-0.25, -0.2) is 0 Å². The minimum absolute atomic E-state index is 0.426. The largest absolute Gasteiger partial charge is 0.380 e. The lowest BCUT2D eigenvalue weighted by molar-refractivity contribution is 0.0612.